The van der Waals surface area contributed by atoms with Gasteiger partial charge in [-0.25, -0.2) is 8.42 Å². The van der Waals surface area contributed by atoms with Crippen molar-refractivity contribution in [2.24, 2.45) is 5.92 Å². The smallest absolute Gasteiger partial charge is 0.243 e. The fourth-order valence-electron chi connectivity index (χ4n) is 3.33. The Hall–Kier alpha value is -1.84. The van der Waals surface area contributed by atoms with Crippen LogP contribution in [0, 0.1) is 5.92 Å². The minimum absolute atomic E-state index is 0.00575. The van der Waals surface area contributed by atoms with E-state index in [0.717, 1.165) is 4.31 Å². The maximum absolute atomic E-state index is 13.5. The summed E-state index contributed by atoms with van der Waals surface area (Å²) in [5.41, 5.74) is 0.586. The van der Waals surface area contributed by atoms with E-state index >= 15 is 0 Å². The van der Waals surface area contributed by atoms with Crippen LogP contribution in [0.4, 0.5) is 0 Å². The average molecular weight is 563 g/mol. The van der Waals surface area contributed by atoms with Crippen LogP contribution in [-0.2, 0) is 26.2 Å². The molecule has 0 spiro atoms. The van der Waals surface area contributed by atoms with E-state index in [-0.39, 0.29) is 23.3 Å². The first kappa shape index (κ1) is 29.4. The van der Waals surface area contributed by atoms with Gasteiger partial charge in [0, 0.05) is 35.2 Å². The minimum atomic E-state index is -3.96. The molecule has 0 saturated carbocycles. The number of carbonyl (C=O) groups excluding carboxylic acids is 2. The molecule has 0 aliphatic rings. The van der Waals surface area contributed by atoms with Crippen molar-refractivity contribution in [1.29, 1.82) is 0 Å². The normalized spacial score (nSPS) is 12.6. The molecule has 0 radical (unpaired) electrons. The average Bonchev–Trinajstić information content (AvgIpc) is 2.79. The van der Waals surface area contributed by atoms with Crippen LogP contribution in [0.3, 0.4) is 0 Å². The quantitative estimate of drug-likeness (QED) is 0.424. The maximum Gasteiger partial charge on any atom is 0.243 e. The van der Waals surface area contributed by atoms with E-state index in [4.69, 9.17) is 34.8 Å². The summed E-state index contributed by atoms with van der Waals surface area (Å²) < 4.78 is 27.0. The molecule has 0 fully saturated rings. The van der Waals surface area contributed by atoms with Gasteiger partial charge in [0.15, 0.2) is 0 Å². The Labute approximate surface area is 222 Å². The van der Waals surface area contributed by atoms with Gasteiger partial charge in [0.25, 0.3) is 0 Å². The van der Waals surface area contributed by atoms with Gasteiger partial charge < -0.3 is 10.2 Å². The van der Waals surface area contributed by atoms with Crippen LogP contribution in [0.1, 0.15) is 32.8 Å². The summed E-state index contributed by atoms with van der Waals surface area (Å²) in [6, 6.07) is 9.73. The number of amides is 2. The highest BCUT2D eigenvalue weighted by atomic mass is 35.5. The van der Waals surface area contributed by atoms with Crippen molar-refractivity contribution >= 4 is 56.6 Å². The maximum atomic E-state index is 13.5. The first-order chi connectivity index (χ1) is 16.4. The highest BCUT2D eigenvalue weighted by Crippen LogP contribution is 2.24. The molecule has 192 valence electrons. The van der Waals surface area contributed by atoms with Gasteiger partial charge in [-0.05, 0) is 54.3 Å². The summed E-state index contributed by atoms with van der Waals surface area (Å²) in [6.07, 6.45) is 0.328. The molecular weight excluding hydrogens is 533 g/mol. The summed E-state index contributed by atoms with van der Waals surface area (Å²) in [5.74, 6) is -0.632. The Morgan fingerprint density at radius 3 is 2.14 bits per heavy atom. The summed E-state index contributed by atoms with van der Waals surface area (Å²) in [7, 11) is -2.65. The van der Waals surface area contributed by atoms with Gasteiger partial charge in [0.05, 0.1) is 11.4 Å². The van der Waals surface area contributed by atoms with Crippen molar-refractivity contribution < 1.29 is 18.0 Å². The Morgan fingerprint density at radius 1 is 1.00 bits per heavy atom. The van der Waals surface area contributed by atoms with Crippen LogP contribution >= 0.6 is 34.8 Å². The molecule has 0 bridgehead atoms. The Balaban J connectivity index is 2.35. The van der Waals surface area contributed by atoms with Crippen molar-refractivity contribution in [2.45, 2.75) is 44.7 Å². The zero-order chi connectivity index (χ0) is 26.3. The third-order valence-corrected chi connectivity index (χ3v) is 7.96. The van der Waals surface area contributed by atoms with Crippen LogP contribution < -0.4 is 5.32 Å². The molecule has 0 heterocycles. The zero-order valence-electron chi connectivity index (χ0n) is 20.1. The fraction of sp³-hybridized carbons (Fsp3) is 0.417. The minimum Gasteiger partial charge on any atom is -0.354 e. The molecule has 2 rings (SSSR count). The Bertz CT molecular complexity index is 1140. The van der Waals surface area contributed by atoms with Gasteiger partial charge in [-0.15, -0.1) is 0 Å². The molecule has 0 aromatic heterocycles. The van der Waals surface area contributed by atoms with Crippen LogP contribution in [0.25, 0.3) is 0 Å². The molecule has 1 unspecified atom stereocenters. The van der Waals surface area contributed by atoms with Crippen LogP contribution in [0.2, 0.25) is 15.1 Å². The van der Waals surface area contributed by atoms with Crippen LogP contribution in [-0.4, -0.2) is 55.6 Å². The van der Waals surface area contributed by atoms with Crippen LogP contribution in [0.15, 0.2) is 47.4 Å². The molecule has 11 heteroatoms. The number of rotatable bonds is 11. The molecule has 0 saturated heterocycles. The lowest BCUT2D eigenvalue weighted by Gasteiger charge is -2.32. The summed E-state index contributed by atoms with van der Waals surface area (Å²) in [5, 5.41) is 4.04. The molecule has 2 aromatic rings. The van der Waals surface area contributed by atoms with Gasteiger partial charge in [-0.2, -0.15) is 4.31 Å². The summed E-state index contributed by atoms with van der Waals surface area (Å²) in [4.78, 5) is 27.8. The number of sulfonamides is 1. The topological polar surface area (TPSA) is 86.8 Å². The highest BCUT2D eigenvalue weighted by molar-refractivity contribution is 7.89. The van der Waals surface area contributed by atoms with Gasteiger partial charge in [0.1, 0.15) is 6.04 Å². The predicted molar refractivity (Wildman–Crippen MR) is 140 cm³/mol. The highest BCUT2D eigenvalue weighted by Gasteiger charge is 2.32. The third-order valence-electron chi connectivity index (χ3n) is 5.31. The van der Waals surface area contributed by atoms with E-state index in [0.29, 0.717) is 33.6 Å². The lowest BCUT2D eigenvalue weighted by molar-refractivity contribution is -0.141. The van der Waals surface area contributed by atoms with E-state index in [9.17, 15) is 18.0 Å². The van der Waals surface area contributed by atoms with Crippen molar-refractivity contribution in [3.63, 3.8) is 0 Å². The van der Waals surface area contributed by atoms with E-state index in [1.165, 1.54) is 36.2 Å². The number of hydrogen-bond donors (Lipinski definition) is 1. The lowest BCUT2D eigenvalue weighted by Crippen LogP contribution is -2.52. The molecule has 1 N–H and O–H groups in total. The number of hydrogen-bond acceptors (Lipinski definition) is 4. The predicted octanol–water partition coefficient (Wildman–Crippen LogP) is 4.85. The van der Waals surface area contributed by atoms with E-state index < -0.39 is 28.5 Å². The fourth-order valence-corrected chi connectivity index (χ4v) is 5.04. The van der Waals surface area contributed by atoms with Crippen molar-refractivity contribution in [1.82, 2.24) is 14.5 Å². The standard InChI is InChI=1S/C24H30Cl3N3O4S/c1-5-22(24(32)28-13-16(2)3)30(14-17-6-7-19(26)12-21(17)27)23(31)15-29(4)35(33,34)20-10-8-18(25)9-11-20/h6-12,16,22H,5,13-15H2,1-4H3,(H,28,32). The van der Waals surface area contributed by atoms with Gasteiger partial charge in [-0.3, -0.25) is 9.59 Å². The van der Waals surface area contributed by atoms with Crippen molar-refractivity contribution in [3.8, 4) is 0 Å². The molecule has 7 nitrogen and oxygen atoms in total. The monoisotopic (exact) mass is 561 g/mol. The second-order valence-corrected chi connectivity index (χ2v) is 11.9. The number of halogens is 3. The zero-order valence-corrected chi connectivity index (χ0v) is 23.2. The number of benzene rings is 2. The second kappa shape index (κ2) is 12.9. The molecule has 0 aliphatic carbocycles. The molecule has 0 aliphatic heterocycles. The van der Waals surface area contributed by atoms with E-state index in [1.54, 1.807) is 25.1 Å². The van der Waals surface area contributed by atoms with Crippen LogP contribution in [0.5, 0.6) is 0 Å². The number of nitrogens with one attached hydrogen (secondary N) is 1. The van der Waals surface area contributed by atoms with Crippen molar-refractivity contribution in [2.75, 3.05) is 20.1 Å². The first-order valence-corrected chi connectivity index (χ1v) is 13.7. The third kappa shape index (κ3) is 8.08. The van der Waals surface area contributed by atoms with Gasteiger partial charge in [0.2, 0.25) is 21.8 Å². The molecule has 2 aromatic carbocycles. The number of nitrogens with zero attached hydrogens (tertiary/aromatic N) is 2. The molecule has 2 amide bonds. The lowest BCUT2D eigenvalue weighted by atomic mass is 10.1. The first-order valence-electron chi connectivity index (χ1n) is 11.1. The van der Waals surface area contributed by atoms with Gasteiger partial charge >= 0.3 is 0 Å². The summed E-state index contributed by atoms with van der Waals surface area (Å²) in [6.45, 7) is 5.71. The molecule has 35 heavy (non-hydrogen) atoms. The Kier molecular flexibility index (Phi) is 10.9. The van der Waals surface area contributed by atoms with Gasteiger partial charge in [-0.1, -0.05) is 61.6 Å². The Morgan fingerprint density at radius 2 is 1.60 bits per heavy atom. The largest absolute Gasteiger partial charge is 0.354 e. The summed E-state index contributed by atoms with van der Waals surface area (Å²) >= 11 is 18.2. The number of likely N-dealkylation sites (N-methyl/N-ethyl adjacent to an activating group) is 1. The van der Waals surface area contributed by atoms with E-state index in [1.807, 2.05) is 13.8 Å². The van der Waals surface area contributed by atoms with Crippen molar-refractivity contribution in [3.05, 3.63) is 63.1 Å². The number of carbonyl (C=O) groups is 2. The second-order valence-electron chi connectivity index (χ2n) is 8.54. The molecule has 1 atom stereocenters. The SMILES string of the molecule is CCC(C(=O)NCC(C)C)N(Cc1ccc(Cl)cc1Cl)C(=O)CN(C)S(=O)(=O)c1ccc(Cl)cc1. The van der Waals surface area contributed by atoms with E-state index in [2.05, 4.69) is 5.32 Å². The molecular formula is C24H30Cl3N3O4S.